The van der Waals surface area contributed by atoms with Crippen molar-refractivity contribution in [3.63, 3.8) is 0 Å². The van der Waals surface area contributed by atoms with Gasteiger partial charge in [0.15, 0.2) is 5.69 Å². The van der Waals surface area contributed by atoms with Crippen LogP contribution in [0.2, 0.25) is 0 Å². The first-order valence-electron chi connectivity index (χ1n) is 7.47. The predicted molar refractivity (Wildman–Crippen MR) is 95.0 cm³/mol. The highest BCUT2D eigenvalue weighted by Crippen LogP contribution is 2.25. The summed E-state index contributed by atoms with van der Waals surface area (Å²) >= 11 is 0. The van der Waals surface area contributed by atoms with Crippen LogP contribution in [0.15, 0.2) is 89.9 Å². The highest BCUT2D eigenvalue weighted by Gasteiger charge is 2.11. The zero-order valence-electron chi connectivity index (χ0n) is 12.6. The van der Waals surface area contributed by atoms with Crippen LogP contribution in [-0.2, 0) is 0 Å². The zero-order chi connectivity index (χ0) is 15.9. The Morgan fingerprint density at radius 3 is 1.74 bits per heavy atom. The Balaban J connectivity index is 1.93. The Bertz CT molecular complexity index is 774. The van der Waals surface area contributed by atoms with E-state index < -0.39 is 0 Å². The molecule has 0 saturated carbocycles. The predicted octanol–water partition coefficient (Wildman–Crippen LogP) is 5.45. The van der Waals surface area contributed by atoms with Crippen molar-refractivity contribution < 1.29 is 0 Å². The zero-order valence-corrected chi connectivity index (χ0v) is 12.6. The summed E-state index contributed by atoms with van der Waals surface area (Å²) in [6.45, 7) is 7.00. The van der Waals surface area contributed by atoms with E-state index in [9.17, 15) is 0 Å². The van der Waals surface area contributed by atoms with Crippen molar-refractivity contribution >= 4 is 11.9 Å². The first kappa shape index (κ1) is 14.7. The van der Waals surface area contributed by atoms with Crippen LogP contribution in [0.5, 0.6) is 0 Å². The largest absolute Gasteiger partial charge is 0.280 e. The van der Waals surface area contributed by atoms with Gasteiger partial charge >= 0.3 is 0 Å². The molecule has 2 nitrogen and oxygen atoms in total. The quantitative estimate of drug-likeness (QED) is 0.450. The van der Waals surface area contributed by atoms with Crippen molar-refractivity contribution in [2.45, 2.75) is 6.04 Å². The number of hydrogen-bond acceptors (Lipinski definition) is 1. The lowest BCUT2D eigenvalue weighted by atomic mass is 9.99. The fourth-order valence-electron chi connectivity index (χ4n) is 2.43. The molecule has 0 fully saturated rings. The number of hydrogen-bond donors (Lipinski definition) is 0. The molecular formula is C21H16N2. The van der Waals surface area contributed by atoms with Gasteiger partial charge in [-0.15, -0.1) is 0 Å². The third-order valence-electron chi connectivity index (χ3n) is 3.63. The molecule has 0 N–H and O–H groups in total. The van der Waals surface area contributed by atoms with Crippen molar-refractivity contribution in [2.75, 3.05) is 0 Å². The van der Waals surface area contributed by atoms with Gasteiger partial charge < -0.3 is 0 Å². The molecular weight excluding hydrogens is 280 g/mol. The Labute approximate surface area is 136 Å². The SMILES string of the molecule is [C-]#[N+]c1ccc(C=NC(c2ccccc2)c2ccccc2)cc1. The Hall–Kier alpha value is -3.18. The molecule has 0 aliphatic rings. The Morgan fingerprint density at radius 1 is 0.739 bits per heavy atom. The van der Waals surface area contributed by atoms with Gasteiger partial charge in [0.2, 0.25) is 0 Å². The first-order valence-corrected chi connectivity index (χ1v) is 7.47. The van der Waals surface area contributed by atoms with E-state index >= 15 is 0 Å². The molecule has 110 valence electrons. The molecule has 23 heavy (non-hydrogen) atoms. The van der Waals surface area contributed by atoms with Crippen molar-refractivity contribution in [3.8, 4) is 0 Å². The normalized spacial score (nSPS) is 10.8. The fourth-order valence-corrected chi connectivity index (χ4v) is 2.43. The standard InChI is InChI=1S/C21H16N2/c1-22-20-14-12-17(13-15-20)16-23-21(18-8-4-2-5-9-18)19-10-6-3-7-11-19/h2-16,21H. The van der Waals surface area contributed by atoms with Crippen molar-refractivity contribution in [3.05, 3.63) is 113 Å². The second kappa shape index (κ2) is 7.20. The van der Waals surface area contributed by atoms with Crippen molar-refractivity contribution in [1.82, 2.24) is 0 Å². The van der Waals surface area contributed by atoms with Crippen LogP contribution in [0.4, 0.5) is 5.69 Å². The monoisotopic (exact) mass is 296 g/mol. The van der Waals surface area contributed by atoms with E-state index in [1.54, 1.807) is 0 Å². The van der Waals surface area contributed by atoms with Gasteiger partial charge in [-0.2, -0.15) is 0 Å². The van der Waals surface area contributed by atoms with Crippen LogP contribution < -0.4 is 0 Å². The van der Waals surface area contributed by atoms with E-state index in [4.69, 9.17) is 11.6 Å². The molecule has 0 radical (unpaired) electrons. The molecule has 3 rings (SSSR count). The van der Waals surface area contributed by atoms with E-state index in [0.717, 1.165) is 16.7 Å². The number of aliphatic imine (C=N–C) groups is 1. The van der Waals surface area contributed by atoms with Crippen LogP contribution in [-0.4, -0.2) is 6.21 Å². The molecule has 0 bridgehead atoms. The third-order valence-corrected chi connectivity index (χ3v) is 3.63. The van der Waals surface area contributed by atoms with E-state index in [1.165, 1.54) is 0 Å². The maximum atomic E-state index is 7.00. The van der Waals surface area contributed by atoms with Gasteiger partial charge in [0.25, 0.3) is 0 Å². The van der Waals surface area contributed by atoms with E-state index in [2.05, 4.69) is 29.1 Å². The number of benzene rings is 3. The second-order valence-corrected chi connectivity index (χ2v) is 5.21. The summed E-state index contributed by atoms with van der Waals surface area (Å²) in [6.07, 6.45) is 1.87. The van der Waals surface area contributed by atoms with Gasteiger partial charge in [0.05, 0.1) is 12.6 Å². The topological polar surface area (TPSA) is 16.7 Å². The minimum absolute atomic E-state index is 0.0297. The van der Waals surface area contributed by atoms with Crippen molar-refractivity contribution in [2.24, 2.45) is 4.99 Å². The molecule has 3 aromatic rings. The molecule has 0 atom stereocenters. The highest BCUT2D eigenvalue weighted by molar-refractivity contribution is 5.80. The lowest BCUT2D eigenvalue weighted by Crippen LogP contribution is -1.98. The summed E-state index contributed by atoms with van der Waals surface area (Å²) in [6, 6.07) is 28.0. The summed E-state index contributed by atoms with van der Waals surface area (Å²) in [4.78, 5) is 8.20. The van der Waals surface area contributed by atoms with Crippen LogP contribution in [0.25, 0.3) is 4.85 Å². The summed E-state index contributed by atoms with van der Waals surface area (Å²) in [5.41, 5.74) is 3.96. The van der Waals surface area contributed by atoms with E-state index in [-0.39, 0.29) is 6.04 Å². The number of rotatable bonds is 4. The highest BCUT2D eigenvalue weighted by atomic mass is 14.8. The second-order valence-electron chi connectivity index (χ2n) is 5.21. The molecule has 0 heterocycles. The average molecular weight is 296 g/mol. The van der Waals surface area contributed by atoms with Gasteiger partial charge in [-0.25, -0.2) is 4.85 Å². The summed E-state index contributed by atoms with van der Waals surface area (Å²) in [5.74, 6) is 0. The molecule has 3 aromatic carbocycles. The first-order chi connectivity index (χ1) is 11.4. The molecule has 2 heteroatoms. The molecule has 0 spiro atoms. The summed E-state index contributed by atoms with van der Waals surface area (Å²) in [5, 5.41) is 0. The lowest BCUT2D eigenvalue weighted by Gasteiger charge is -2.13. The molecule has 0 aromatic heterocycles. The van der Waals surface area contributed by atoms with Gasteiger partial charge in [0, 0.05) is 6.21 Å². The van der Waals surface area contributed by atoms with Crippen LogP contribution in [0.3, 0.4) is 0 Å². The minimum Gasteiger partial charge on any atom is -0.280 e. The average Bonchev–Trinajstić information content (AvgIpc) is 2.64. The van der Waals surface area contributed by atoms with Gasteiger partial charge in [-0.1, -0.05) is 84.9 Å². The van der Waals surface area contributed by atoms with Gasteiger partial charge in [-0.3, -0.25) is 4.99 Å². The van der Waals surface area contributed by atoms with Gasteiger partial charge in [-0.05, 0) is 16.7 Å². The molecule has 0 saturated heterocycles. The minimum atomic E-state index is -0.0297. The third kappa shape index (κ3) is 3.72. The maximum absolute atomic E-state index is 7.00. The summed E-state index contributed by atoms with van der Waals surface area (Å²) in [7, 11) is 0. The van der Waals surface area contributed by atoms with Crippen molar-refractivity contribution in [1.29, 1.82) is 0 Å². The van der Waals surface area contributed by atoms with Crippen LogP contribution >= 0.6 is 0 Å². The maximum Gasteiger partial charge on any atom is 0.187 e. The molecule has 0 amide bonds. The summed E-state index contributed by atoms with van der Waals surface area (Å²) < 4.78 is 0. The Kier molecular flexibility index (Phi) is 4.61. The molecule has 0 unspecified atom stereocenters. The number of nitrogens with zero attached hydrogens (tertiary/aromatic N) is 2. The van der Waals surface area contributed by atoms with E-state index in [0.29, 0.717) is 5.69 Å². The lowest BCUT2D eigenvalue weighted by molar-refractivity contribution is 0.878. The fraction of sp³-hybridized carbons (Fsp3) is 0.0476. The molecule has 0 aliphatic carbocycles. The van der Waals surface area contributed by atoms with Gasteiger partial charge in [0.1, 0.15) is 0 Å². The van der Waals surface area contributed by atoms with Crippen LogP contribution in [0.1, 0.15) is 22.7 Å². The van der Waals surface area contributed by atoms with Crippen LogP contribution in [0, 0.1) is 6.57 Å². The van der Waals surface area contributed by atoms with E-state index in [1.807, 2.05) is 66.9 Å². The Morgan fingerprint density at radius 2 is 1.26 bits per heavy atom. The smallest absolute Gasteiger partial charge is 0.187 e. The molecule has 0 aliphatic heterocycles.